The van der Waals surface area contributed by atoms with Crippen LogP contribution < -0.4 is 4.57 Å². The van der Waals surface area contributed by atoms with Crippen molar-refractivity contribution < 1.29 is 4.57 Å². The highest BCUT2D eigenvalue weighted by molar-refractivity contribution is 5.94. The minimum atomic E-state index is 0.524. The second kappa shape index (κ2) is 8.08. The third-order valence-corrected chi connectivity index (χ3v) is 8.32. The quantitative estimate of drug-likeness (QED) is 0.384. The monoisotopic (exact) mass is 412 g/mol. The molecule has 2 saturated carbocycles. The van der Waals surface area contributed by atoms with Crippen molar-refractivity contribution in [2.24, 2.45) is 12.5 Å². The van der Waals surface area contributed by atoms with Crippen LogP contribution in [0.1, 0.15) is 93.7 Å². The molecule has 162 valence electrons. The van der Waals surface area contributed by atoms with Crippen LogP contribution in [0.5, 0.6) is 0 Å². The fourth-order valence-electron chi connectivity index (χ4n) is 6.12. The van der Waals surface area contributed by atoms with Gasteiger partial charge >= 0.3 is 0 Å². The third kappa shape index (κ3) is 4.04. The van der Waals surface area contributed by atoms with Gasteiger partial charge in [-0.1, -0.05) is 51.0 Å². The SMILES string of the molecule is Cc1ccc(C2CCCC2)cc1-c1c2ccc(C3CCC(C)(C)CC3)cc2cc[n+]1C. The Morgan fingerprint density at radius 2 is 1.45 bits per heavy atom. The number of benzene rings is 2. The predicted molar refractivity (Wildman–Crippen MR) is 131 cm³/mol. The Bertz CT molecular complexity index is 1090. The van der Waals surface area contributed by atoms with Crippen LogP contribution in [0, 0.1) is 12.3 Å². The molecule has 0 spiro atoms. The van der Waals surface area contributed by atoms with Crippen molar-refractivity contribution in [3.05, 3.63) is 65.4 Å². The molecule has 0 aliphatic heterocycles. The van der Waals surface area contributed by atoms with Crippen molar-refractivity contribution >= 4 is 10.8 Å². The number of aryl methyl sites for hydroxylation is 2. The molecule has 0 atom stereocenters. The zero-order chi connectivity index (χ0) is 21.6. The van der Waals surface area contributed by atoms with E-state index in [2.05, 4.69) is 81.0 Å². The zero-order valence-electron chi connectivity index (χ0n) is 19.9. The maximum Gasteiger partial charge on any atom is 0.220 e. The molecule has 0 unspecified atom stereocenters. The molecule has 1 nitrogen and oxygen atoms in total. The lowest BCUT2D eigenvalue weighted by molar-refractivity contribution is -0.659. The number of hydrogen-bond donors (Lipinski definition) is 0. The van der Waals surface area contributed by atoms with Gasteiger partial charge in [0.05, 0.1) is 5.39 Å². The maximum absolute atomic E-state index is 2.50. The van der Waals surface area contributed by atoms with Crippen molar-refractivity contribution in [3.63, 3.8) is 0 Å². The minimum Gasteiger partial charge on any atom is -0.200 e. The lowest BCUT2D eigenvalue weighted by atomic mass is 9.71. The molecule has 2 aromatic carbocycles. The van der Waals surface area contributed by atoms with Crippen molar-refractivity contribution in [2.75, 3.05) is 0 Å². The lowest BCUT2D eigenvalue weighted by Crippen LogP contribution is -2.30. The van der Waals surface area contributed by atoms with Gasteiger partial charge in [0.2, 0.25) is 5.69 Å². The second-order valence-electron chi connectivity index (χ2n) is 11.1. The summed E-state index contributed by atoms with van der Waals surface area (Å²) in [5, 5.41) is 2.78. The van der Waals surface area contributed by atoms with Crippen LogP contribution in [0.15, 0.2) is 48.7 Å². The molecule has 0 bridgehead atoms. The van der Waals surface area contributed by atoms with E-state index in [0.717, 1.165) is 11.8 Å². The summed E-state index contributed by atoms with van der Waals surface area (Å²) in [5.74, 6) is 1.48. The first-order valence-electron chi connectivity index (χ1n) is 12.4. The molecule has 2 fully saturated rings. The van der Waals surface area contributed by atoms with Gasteiger partial charge in [0.15, 0.2) is 6.20 Å². The molecule has 1 heteroatoms. The minimum absolute atomic E-state index is 0.524. The molecule has 0 N–H and O–H groups in total. The van der Waals surface area contributed by atoms with Crippen molar-refractivity contribution in [2.45, 2.75) is 84.0 Å². The summed E-state index contributed by atoms with van der Waals surface area (Å²) in [6, 6.07) is 16.8. The van der Waals surface area contributed by atoms with Crippen LogP contribution in [0.2, 0.25) is 0 Å². The number of hydrogen-bond acceptors (Lipinski definition) is 0. The highest BCUT2D eigenvalue weighted by Gasteiger charge is 2.28. The number of fused-ring (bicyclic) bond motifs is 1. The molecule has 31 heavy (non-hydrogen) atoms. The van der Waals surface area contributed by atoms with Crippen LogP contribution >= 0.6 is 0 Å². The average Bonchev–Trinajstić information content (AvgIpc) is 3.29. The normalized spacial score (nSPS) is 19.9. The molecular formula is C30H38N+. The Morgan fingerprint density at radius 1 is 0.806 bits per heavy atom. The van der Waals surface area contributed by atoms with E-state index < -0.39 is 0 Å². The summed E-state index contributed by atoms with van der Waals surface area (Å²) in [5.41, 5.74) is 7.76. The van der Waals surface area contributed by atoms with Gasteiger partial charge in [0.1, 0.15) is 7.05 Å². The standard InChI is InChI=1S/C30H38N/c1-21-9-10-25(22-7-5-6-8-22)20-28(21)29-27-12-11-24(19-26(27)15-18-31(29)4)23-13-16-30(2,3)17-14-23/h9-12,15,18-20,22-23H,5-8,13-14,16-17H2,1-4H3/q+1. The van der Waals surface area contributed by atoms with Crippen LogP contribution in [0.4, 0.5) is 0 Å². The van der Waals surface area contributed by atoms with Gasteiger partial charge in [-0.3, -0.25) is 0 Å². The summed E-state index contributed by atoms with van der Waals surface area (Å²) in [7, 11) is 2.20. The van der Waals surface area contributed by atoms with E-state index in [0.29, 0.717) is 5.41 Å². The molecule has 1 aromatic heterocycles. The fraction of sp³-hybridized carbons (Fsp3) is 0.500. The van der Waals surface area contributed by atoms with Gasteiger partial charge in [-0.2, -0.15) is 0 Å². The first-order chi connectivity index (χ1) is 14.9. The topological polar surface area (TPSA) is 3.88 Å². The number of aromatic nitrogens is 1. The Kier molecular flexibility index (Phi) is 5.40. The van der Waals surface area contributed by atoms with Gasteiger partial charge in [-0.15, -0.1) is 0 Å². The third-order valence-electron chi connectivity index (χ3n) is 8.32. The fourth-order valence-corrected chi connectivity index (χ4v) is 6.12. The smallest absolute Gasteiger partial charge is 0.200 e. The molecule has 2 aliphatic carbocycles. The molecular weight excluding hydrogens is 374 g/mol. The first-order valence-corrected chi connectivity index (χ1v) is 12.4. The van der Waals surface area contributed by atoms with Gasteiger partial charge < -0.3 is 0 Å². The molecule has 1 heterocycles. The van der Waals surface area contributed by atoms with E-state index >= 15 is 0 Å². The van der Waals surface area contributed by atoms with E-state index in [9.17, 15) is 0 Å². The van der Waals surface area contributed by atoms with E-state index in [1.54, 1.807) is 5.56 Å². The largest absolute Gasteiger partial charge is 0.220 e. The molecule has 0 saturated heterocycles. The van der Waals surface area contributed by atoms with E-state index in [1.165, 1.54) is 84.5 Å². The molecule has 2 aliphatic rings. The molecule has 3 aromatic rings. The Morgan fingerprint density at radius 3 is 2.19 bits per heavy atom. The van der Waals surface area contributed by atoms with Gasteiger partial charge in [-0.05, 0) is 96.9 Å². The summed E-state index contributed by atoms with van der Waals surface area (Å²) >= 11 is 0. The van der Waals surface area contributed by atoms with Crippen molar-refractivity contribution in [3.8, 4) is 11.3 Å². The summed E-state index contributed by atoms with van der Waals surface area (Å²) in [6.45, 7) is 7.13. The molecule has 0 radical (unpaired) electrons. The molecule has 5 rings (SSSR count). The summed E-state index contributed by atoms with van der Waals surface area (Å²) in [4.78, 5) is 0. The van der Waals surface area contributed by atoms with Gasteiger partial charge in [-0.25, -0.2) is 4.57 Å². The first kappa shape index (κ1) is 20.7. The number of nitrogens with zero attached hydrogens (tertiary/aromatic N) is 1. The average molecular weight is 413 g/mol. The highest BCUT2D eigenvalue weighted by atomic mass is 14.9. The van der Waals surface area contributed by atoms with E-state index in [-0.39, 0.29) is 0 Å². The van der Waals surface area contributed by atoms with Crippen LogP contribution in [-0.4, -0.2) is 0 Å². The van der Waals surface area contributed by atoms with Crippen LogP contribution in [0.25, 0.3) is 22.0 Å². The molecule has 0 amide bonds. The Labute approximate surface area is 188 Å². The zero-order valence-corrected chi connectivity index (χ0v) is 19.9. The highest BCUT2D eigenvalue weighted by Crippen LogP contribution is 2.43. The van der Waals surface area contributed by atoms with E-state index in [1.807, 2.05) is 0 Å². The summed E-state index contributed by atoms with van der Waals surface area (Å²) < 4.78 is 2.33. The lowest BCUT2D eigenvalue weighted by Gasteiger charge is -2.34. The Hall–Kier alpha value is -2.15. The van der Waals surface area contributed by atoms with Gasteiger partial charge in [0, 0.05) is 11.6 Å². The van der Waals surface area contributed by atoms with Crippen molar-refractivity contribution in [1.29, 1.82) is 0 Å². The van der Waals surface area contributed by atoms with E-state index in [4.69, 9.17) is 0 Å². The van der Waals surface area contributed by atoms with Crippen molar-refractivity contribution in [1.82, 2.24) is 0 Å². The number of rotatable bonds is 3. The van der Waals surface area contributed by atoms with Gasteiger partial charge in [0.25, 0.3) is 0 Å². The second-order valence-corrected chi connectivity index (χ2v) is 11.1. The predicted octanol–water partition coefficient (Wildman–Crippen LogP) is 7.98. The summed E-state index contributed by atoms with van der Waals surface area (Å²) in [6.07, 6.45) is 13.1. The number of pyridine rings is 1. The Balaban J connectivity index is 1.55. The van der Waals surface area contributed by atoms with Crippen LogP contribution in [-0.2, 0) is 7.05 Å². The van der Waals surface area contributed by atoms with Crippen LogP contribution in [0.3, 0.4) is 0 Å². The maximum atomic E-state index is 2.50.